The lowest BCUT2D eigenvalue weighted by atomic mass is 10.1. The van der Waals surface area contributed by atoms with Crippen molar-refractivity contribution in [1.29, 1.82) is 0 Å². The van der Waals surface area contributed by atoms with Gasteiger partial charge >= 0.3 is 0 Å². The van der Waals surface area contributed by atoms with E-state index in [1.807, 2.05) is 0 Å². The highest BCUT2D eigenvalue weighted by atomic mass is 32.2. The molecule has 0 spiro atoms. The summed E-state index contributed by atoms with van der Waals surface area (Å²) in [5.41, 5.74) is 8.51. The predicted molar refractivity (Wildman–Crippen MR) is 82.5 cm³/mol. The molecule has 1 aliphatic heterocycles. The molecular formula is C15H24N2S. The SMILES string of the molecule is CC(N)Cc1ccc(N2CC(C)SC(C)C2)cc1. The van der Waals surface area contributed by atoms with Crippen LogP contribution in [0.15, 0.2) is 24.3 Å². The number of benzene rings is 1. The molecule has 1 saturated heterocycles. The van der Waals surface area contributed by atoms with Gasteiger partial charge in [0.05, 0.1) is 0 Å². The summed E-state index contributed by atoms with van der Waals surface area (Å²) in [5, 5.41) is 1.44. The number of nitrogens with two attached hydrogens (primary N) is 1. The molecule has 3 atom stereocenters. The second-order valence-electron chi connectivity index (χ2n) is 5.51. The second-order valence-corrected chi connectivity index (χ2v) is 7.39. The van der Waals surface area contributed by atoms with Gasteiger partial charge in [0.25, 0.3) is 0 Å². The maximum atomic E-state index is 5.83. The summed E-state index contributed by atoms with van der Waals surface area (Å²) in [4.78, 5) is 2.50. The van der Waals surface area contributed by atoms with E-state index in [1.54, 1.807) is 0 Å². The molecule has 2 nitrogen and oxygen atoms in total. The van der Waals surface area contributed by atoms with Gasteiger partial charge in [0.15, 0.2) is 0 Å². The van der Waals surface area contributed by atoms with Gasteiger partial charge in [-0.1, -0.05) is 26.0 Å². The zero-order valence-corrected chi connectivity index (χ0v) is 12.4. The van der Waals surface area contributed by atoms with E-state index in [-0.39, 0.29) is 6.04 Å². The van der Waals surface area contributed by atoms with Crippen LogP contribution in [0.2, 0.25) is 0 Å². The van der Waals surface area contributed by atoms with Crippen molar-refractivity contribution in [3.63, 3.8) is 0 Å². The monoisotopic (exact) mass is 264 g/mol. The topological polar surface area (TPSA) is 29.3 Å². The van der Waals surface area contributed by atoms with E-state index in [9.17, 15) is 0 Å². The summed E-state index contributed by atoms with van der Waals surface area (Å²) in [7, 11) is 0. The fraction of sp³-hybridized carbons (Fsp3) is 0.600. The van der Waals surface area contributed by atoms with Gasteiger partial charge in [-0.05, 0) is 31.0 Å². The normalized spacial score (nSPS) is 26.1. The first kappa shape index (κ1) is 13.8. The fourth-order valence-electron chi connectivity index (χ4n) is 2.60. The first-order valence-electron chi connectivity index (χ1n) is 6.79. The summed E-state index contributed by atoms with van der Waals surface area (Å²) in [5.74, 6) is 0. The lowest BCUT2D eigenvalue weighted by molar-refractivity contribution is 0.725. The standard InChI is InChI=1S/C15H24N2S/c1-11(16)8-14-4-6-15(7-5-14)17-9-12(2)18-13(3)10-17/h4-7,11-13H,8-10,16H2,1-3H3. The highest BCUT2D eigenvalue weighted by Crippen LogP contribution is 2.28. The summed E-state index contributed by atoms with van der Waals surface area (Å²) in [6, 6.07) is 9.16. The quantitative estimate of drug-likeness (QED) is 0.910. The van der Waals surface area contributed by atoms with E-state index in [4.69, 9.17) is 5.73 Å². The van der Waals surface area contributed by atoms with Gasteiger partial charge in [0, 0.05) is 35.3 Å². The molecule has 0 saturated carbocycles. The van der Waals surface area contributed by atoms with Crippen molar-refractivity contribution in [2.75, 3.05) is 18.0 Å². The Morgan fingerprint density at radius 3 is 2.28 bits per heavy atom. The molecule has 3 unspecified atom stereocenters. The zero-order chi connectivity index (χ0) is 13.1. The van der Waals surface area contributed by atoms with Gasteiger partial charge < -0.3 is 10.6 Å². The van der Waals surface area contributed by atoms with Crippen LogP contribution in [0.5, 0.6) is 0 Å². The number of thioether (sulfide) groups is 1. The van der Waals surface area contributed by atoms with Gasteiger partial charge in [-0.2, -0.15) is 11.8 Å². The molecule has 1 fully saturated rings. The van der Waals surface area contributed by atoms with Gasteiger partial charge in [0.2, 0.25) is 0 Å². The lowest BCUT2D eigenvalue weighted by Crippen LogP contribution is -2.40. The van der Waals surface area contributed by atoms with Crippen LogP contribution in [0.4, 0.5) is 5.69 Å². The van der Waals surface area contributed by atoms with E-state index in [0.717, 1.165) is 30.0 Å². The molecule has 1 aliphatic rings. The molecule has 0 aliphatic carbocycles. The number of anilines is 1. The van der Waals surface area contributed by atoms with Crippen LogP contribution in [0.3, 0.4) is 0 Å². The highest BCUT2D eigenvalue weighted by molar-refractivity contribution is 8.00. The van der Waals surface area contributed by atoms with Crippen LogP contribution >= 0.6 is 11.8 Å². The van der Waals surface area contributed by atoms with Crippen LogP contribution in [-0.4, -0.2) is 29.6 Å². The Balaban J connectivity index is 2.04. The number of hydrogen-bond donors (Lipinski definition) is 1. The van der Waals surface area contributed by atoms with E-state index in [1.165, 1.54) is 11.3 Å². The minimum absolute atomic E-state index is 0.238. The van der Waals surface area contributed by atoms with Gasteiger partial charge in [-0.25, -0.2) is 0 Å². The third-order valence-corrected chi connectivity index (χ3v) is 4.51. The maximum Gasteiger partial charge on any atom is 0.0367 e. The minimum Gasteiger partial charge on any atom is -0.369 e. The Bertz CT molecular complexity index is 365. The molecule has 1 heterocycles. The van der Waals surface area contributed by atoms with E-state index >= 15 is 0 Å². The summed E-state index contributed by atoms with van der Waals surface area (Å²) >= 11 is 2.09. The molecule has 0 bridgehead atoms. The van der Waals surface area contributed by atoms with E-state index < -0.39 is 0 Å². The predicted octanol–water partition coefficient (Wildman–Crippen LogP) is 2.91. The average Bonchev–Trinajstić information content (AvgIpc) is 2.27. The lowest BCUT2D eigenvalue weighted by Gasteiger charge is -2.36. The first-order valence-corrected chi connectivity index (χ1v) is 7.74. The summed E-state index contributed by atoms with van der Waals surface area (Å²) < 4.78 is 0. The Morgan fingerprint density at radius 2 is 1.78 bits per heavy atom. The maximum absolute atomic E-state index is 5.83. The molecule has 100 valence electrons. The van der Waals surface area contributed by atoms with Crippen LogP contribution < -0.4 is 10.6 Å². The van der Waals surface area contributed by atoms with E-state index in [2.05, 4.69) is 61.7 Å². The second kappa shape index (κ2) is 5.98. The van der Waals surface area contributed by atoms with Crippen molar-refractivity contribution in [1.82, 2.24) is 0 Å². The smallest absolute Gasteiger partial charge is 0.0367 e. The molecule has 1 aromatic rings. The Morgan fingerprint density at radius 1 is 1.22 bits per heavy atom. The summed E-state index contributed by atoms with van der Waals surface area (Å²) in [6.07, 6.45) is 0.961. The van der Waals surface area contributed by atoms with Crippen molar-refractivity contribution >= 4 is 17.4 Å². The highest BCUT2D eigenvalue weighted by Gasteiger charge is 2.22. The Hall–Kier alpha value is -0.670. The molecule has 1 aromatic carbocycles. The molecule has 2 rings (SSSR count). The molecule has 0 amide bonds. The van der Waals surface area contributed by atoms with Crippen LogP contribution in [0.1, 0.15) is 26.3 Å². The van der Waals surface area contributed by atoms with Crippen LogP contribution in [0, 0.1) is 0 Å². The van der Waals surface area contributed by atoms with Crippen molar-refractivity contribution in [3.05, 3.63) is 29.8 Å². The molecular weight excluding hydrogens is 240 g/mol. The molecule has 0 aromatic heterocycles. The third-order valence-electron chi connectivity index (χ3n) is 3.28. The summed E-state index contributed by atoms with van der Waals surface area (Å²) in [6.45, 7) is 9.00. The minimum atomic E-state index is 0.238. The van der Waals surface area contributed by atoms with Crippen molar-refractivity contribution in [3.8, 4) is 0 Å². The molecule has 0 radical (unpaired) electrons. The van der Waals surface area contributed by atoms with Gasteiger partial charge in [0.1, 0.15) is 0 Å². The molecule has 3 heteroatoms. The molecule has 18 heavy (non-hydrogen) atoms. The Kier molecular flexibility index (Phi) is 4.57. The number of nitrogens with zero attached hydrogens (tertiary/aromatic N) is 1. The fourth-order valence-corrected chi connectivity index (χ4v) is 3.93. The largest absolute Gasteiger partial charge is 0.369 e. The van der Waals surface area contributed by atoms with Crippen molar-refractivity contribution < 1.29 is 0 Å². The van der Waals surface area contributed by atoms with Crippen LogP contribution in [0.25, 0.3) is 0 Å². The third kappa shape index (κ3) is 3.66. The van der Waals surface area contributed by atoms with Crippen molar-refractivity contribution in [2.24, 2.45) is 5.73 Å². The van der Waals surface area contributed by atoms with Gasteiger partial charge in [-0.15, -0.1) is 0 Å². The number of rotatable bonds is 3. The molecule has 2 N–H and O–H groups in total. The van der Waals surface area contributed by atoms with Gasteiger partial charge in [-0.3, -0.25) is 0 Å². The van der Waals surface area contributed by atoms with Crippen molar-refractivity contribution in [2.45, 2.75) is 43.7 Å². The van der Waals surface area contributed by atoms with E-state index in [0.29, 0.717) is 0 Å². The van der Waals surface area contributed by atoms with Crippen LogP contribution in [-0.2, 0) is 6.42 Å². The first-order chi connectivity index (χ1) is 8.54. The average molecular weight is 264 g/mol. The number of hydrogen-bond acceptors (Lipinski definition) is 3. The Labute approximate surface area is 115 Å². The zero-order valence-electron chi connectivity index (χ0n) is 11.6.